The summed E-state index contributed by atoms with van der Waals surface area (Å²) in [5, 5.41) is 4.23. The molecule has 0 atom stereocenters. The molecule has 0 saturated carbocycles. The molecule has 0 radical (unpaired) electrons. The van der Waals surface area contributed by atoms with Crippen molar-refractivity contribution in [3.8, 4) is 5.69 Å². The molecule has 1 aromatic heterocycles. The number of alkyl carbamates (subject to hydrolysis) is 1. The molecule has 1 N–H and O–H groups in total. The minimum atomic E-state index is -0.549. The van der Waals surface area contributed by atoms with Gasteiger partial charge in [0, 0.05) is 18.6 Å². The van der Waals surface area contributed by atoms with Crippen LogP contribution in [0.4, 0.5) is 10.6 Å². The predicted molar refractivity (Wildman–Crippen MR) is 136 cm³/mol. The summed E-state index contributed by atoms with van der Waals surface area (Å²) in [6.45, 7) is 10.6. The second-order valence-corrected chi connectivity index (χ2v) is 11.0. The van der Waals surface area contributed by atoms with Crippen molar-refractivity contribution in [3.05, 3.63) is 44.2 Å². The van der Waals surface area contributed by atoms with E-state index in [1.165, 1.54) is 16.3 Å². The van der Waals surface area contributed by atoms with Crippen molar-refractivity contribution >= 4 is 46.9 Å². The molecule has 33 heavy (non-hydrogen) atoms. The third-order valence-corrected chi connectivity index (χ3v) is 7.02. The molecule has 1 aromatic carbocycles. The van der Waals surface area contributed by atoms with Gasteiger partial charge in [-0.25, -0.2) is 9.78 Å². The zero-order valence-corrected chi connectivity index (χ0v) is 22.1. The van der Waals surface area contributed by atoms with Crippen LogP contribution in [-0.2, 0) is 4.74 Å². The van der Waals surface area contributed by atoms with Gasteiger partial charge in [0.1, 0.15) is 11.4 Å². The number of aromatic nitrogens is 2. The molecule has 1 amide bonds. The molecule has 1 aliphatic rings. The summed E-state index contributed by atoms with van der Waals surface area (Å²) in [5.74, 6) is 0.651. The quantitative estimate of drug-likeness (QED) is 0.433. The molecular weight excluding hydrogens is 483 g/mol. The highest BCUT2D eigenvalue weighted by Crippen LogP contribution is 2.32. The van der Waals surface area contributed by atoms with Gasteiger partial charge in [0.25, 0.3) is 5.56 Å². The Morgan fingerprint density at radius 2 is 1.88 bits per heavy atom. The highest BCUT2D eigenvalue weighted by atomic mass is 35.5. The van der Waals surface area contributed by atoms with E-state index in [1.54, 1.807) is 25.1 Å². The van der Waals surface area contributed by atoms with E-state index in [0.29, 0.717) is 58.2 Å². The number of amides is 1. The Kier molecular flexibility index (Phi) is 7.61. The molecule has 0 aliphatic carbocycles. The maximum atomic E-state index is 13.4. The van der Waals surface area contributed by atoms with Gasteiger partial charge in [0.15, 0.2) is 5.16 Å². The second-order valence-electron chi connectivity index (χ2n) is 9.44. The van der Waals surface area contributed by atoms with Gasteiger partial charge in [0.2, 0.25) is 0 Å². The molecule has 180 valence electrons. The van der Waals surface area contributed by atoms with Gasteiger partial charge >= 0.3 is 6.09 Å². The number of carbonyl (C=O) groups excluding carboxylic acids is 1. The summed E-state index contributed by atoms with van der Waals surface area (Å²) in [6, 6.07) is 5.19. The van der Waals surface area contributed by atoms with Crippen LogP contribution in [0.1, 0.15) is 46.1 Å². The average Bonchev–Trinajstić information content (AvgIpc) is 2.71. The van der Waals surface area contributed by atoms with E-state index in [-0.39, 0.29) is 5.56 Å². The number of carbonyl (C=O) groups is 1. The van der Waals surface area contributed by atoms with Gasteiger partial charge in [-0.2, -0.15) is 0 Å². The molecule has 0 bridgehead atoms. The fraction of sp³-hybridized carbons (Fsp3) is 0.522. The van der Waals surface area contributed by atoms with Gasteiger partial charge in [-0.1, -0.05) is 41.0 Å². The van der Waals surface area contributed by atoms with Crippen LogP contribution in [0, 0.1) is 6.92 Å². The molecule has 1 saturated heterocycles. The number of thioether (sulfide) groups is 1. The first-order valence-electron chi connectivity index (χ1n) is 10.7. The van der Waals surface area contributed by atoms with Gasteiger partial charge in [-0.05, 0) is 65.8 Å². The number of benzene rings is 1. The van der Waals surface area contributed by atoms with Crippen molar-refractivity contribution in [1.82, 2.24) is 14.9 Å². The van der Waals surface area contributed by atoms with Crippen LogP contribution in [-0.4, -0.2) is 46.1 Å². The Bertz CT molecular complexity index is 1110. The Labute approximate surface area is 208 Å². The van der Waals surface area contributed by atoms with Crippen molar-refractivity contribution in [2.75, 3.05) is 24.2 Å². The second kappa shape index (κ2) is 9.76. The van der Waals surface area contributed by atoms with E-state index in [0.717, 1.165) is 0 Å². The first kappa shape index (κ1) is 25.7. The average molecular weight is 513 g/mol. The molecule has 2 aromatic rings. The number of nitrogens with one attached hydrogen (secondary N) is 1. The number of nitrogens with zero attached hydrogens (tertiary/aromatic N) is 3. The number of rotatable bonds is 4. The number of ether oxygens (including phenoxy) is 1. The van der Waals surface area contributed by atoms with Crippen molar-refractivity contribution in [1.29, 1.82) is 0 Å². The molecule has 0 spiro atoms. The predicted octanol–water partition coefficient (Wildman–Crippen LogP) is 5.45. The number of halogens is 2. The molecule has 3 rings (SSSR count). The summed E-state index contributed by atoms with van der Waals surface area (Å²) in [7, 11) is 0. The summed E-state index contributed by atoms with van der Waals surface area (Å²) in [4.78, 5) is 32.6. The smallest absolute Gasteiger partial charge is 0.408 e. The standard InChI is InChI=1S/C23H30Cl2N4O3S/c1-14-18(28-12-10-23(5,11-13-28)27-21(31)32-22(2,3)4)26-20(33-6)29(19(14)30)16-9-7-8-15(24)17(16)25/h7-9H,10-13H2,1-6H3,(H,27,31). The van der Waals surface area contributed by atoms with Crippen molar-refractivity contribution in [2.45, 2.75) is 63.8 Å². The fourth-order valence-electron chi connectivity index (χ4n) is 3.78. The number of piperidine rings is 1. The maximum Gasteiger partial charge on any atom is 0.408 e. The lowest BCUT2D eigenvalue weighted by Gasteiger charge is -2.41. The number of anilines is 1. The van der Waals surface area contributed by atoms with Gasteiger partial charge in [0.05, 0.1) is 21.3 Å². The van der Waals surface area contributed by atoms with Gasteiger partial charge in [-0.15, -0.1) is 0 Å². The largest absolute Gasteiger partial charge is 0.444 e. The van der Waals surface area contributed by atoms with Crippen molar-refractivity contribution < 1.29 is 9.53 Å². The van der Waals surface area contributed by atoms with E-state index in [1.807, 2.05) is 34.0 Å². The Morgan fingerprint density at radius 3 is 2.45 bits per heavy atom. The van der Waals surface area contributed by atoms with E-state index in [4.69, 9.17) is 32.9 Å². The Balaban J connectivity index is 1.86. The van der Waals surface area contributed by atoms with Crippen molar-refractivity contribution in [2.24, 2.45) is 0 Å². The molecule has 1 fully saturated rings. The topological polar surface area (TPSA) is 76.5 Å². The van der Waals surface area contributed by atoms with Crippen LogP contribution >= 0.6 is 35.0 Å². The molecule has 7 nitrogen and oxygen atoms in total. The van der Waals surface area contributed by atoms with Crippen LogP contribution in [0.25, 0.3) is 5.69 Å². The molecule has 0 unspecified atom stereocenters. The van der Waals surface area contributed by atoms with Crippen LogP contribution in [0.3, 0.4) is 0 Å². The lowest BCUT2D eigenvalue weighted by Crippen LogP contribution is -2.54. The first-order chi connectivity index (χ1) is 15.3. The zero-order valence-electron chi connectivity index (χ0n) is 19.8. The van der Waals surface area contributed by atoms with Gasteiger partial charge < -0.3 is 15.0 Å². The summed E-state index contributed by atoms with van der Waals surface area (Å²) in [5.41, 5.74) is -0.0837. The Morgan fingerprint density at radius 1 is 1.24 bits per heavy atom. The van der Waals surface area contributed by atoms with Crippen LogP contribution in [0.5, 0.6) is 0 Å². The van der Waals surface area contributed by atoms with Crippen LogP contribution in [0.15, 0.2) is 28.2 Å². The highest BCUT2D eigenvalue weighted by Gasteiger charge is 2.34. The molecule has 10 heteroatoms. The molecule has 1 aliphatic heterocycles. The maximum absolute atomic E-state index is 13.4. The minimum absolute atomic E-state index is 0.186. The SMILES string of the molecule is CSc1nc(N2CCC(C)(NC(=O)OC(C)(C)C)CC2)c(C)c(=O)n1-c1cccc(Cl)c1Cl. The number of hydrogen-bond donors (Lipinski definition) is 1. The minimum Gasteiger partial charge on any atom is -0.444 e. The van der Waals surface area contributed by atoms with E-state index >= 15 is 0 Å². The summed E-state index contributed by atoms with van der Waals surface area (Å²) >= 11 is 13.9. The number of hydrogen-bond acceptors (Lipinski definition) is 6. The zero-order chi connectivity index (χ0) is 24.6. The molecule has 2 heterocycles. The van der Waals surface area contributed by atoms with Crippen LogP contribution < -0.4 is 15.8 Å². The van der Waals surface area contributed by atoms with E-state index in [9.17, 15) is 9.59 Å². The monoisotopic (exact) mass is 512 g/mol. The third-order valence-electron chi connectivity index (χ3n) is 5.58. The lowest BCUT2D eigenvalue weighted by molar-refractivity contribution is 0.0448. The lowest BCUT2D eigenvalue weighted by atomic mass is 9.89. The summed E-state index contributed by atoms with van der Waals surface area (Å²) < 4.78 is 6.92. The normalized spacial score (nSPS) is 15.9. The van der Waals surface area contributed by atoms with E-state index in [2.05, 4.69) is 10.2 Å². The fourth-order valence-corrected chi connectivity index (χ4v) is 4.71. The van der Waals surface area contributed by atoms with Crippen LogP contribution in [0.2, 0.25) is 10.0 Å². The Hall–Kier alpha value is -1.90. The van der Waals surface area contributed by atoms with Crippen molar-refractivity contribution in [3.63, 3.8) is 0 Å². The van der Waals surface area contributed by atoms with E-state index < -0.39 is 17.2 Å². The first-order valence-corrected chi connectivity index (χ1v) is 12.7. The third kappa shape index (κ3) is 5.78. The molecular formula is C23H30Cl2N4O3S. The van der Waals surface area contributed by atoms with Gasteiger partial charge in [-0.3, -0.25) is 9.36 Å². The highest BCUT2D eigenvalue weighted by molar-refractivity contribution is 7.98. The summed E-state index contributed by atoms with van der Waals surface area (Å²) in [6.07, 6.45) is 2.85.